The van der Waals surface area contributed by atoms with E-state index >= 15 is 0 Å². The minimum Gasteiger partial charge on any atom is -0.369 e. The third-order valence-electron chi connectivity index (χ3n) is 4.40. The first kappa shape index (κ1) is 13.8. The highest BCUT2D eigenvalue weighted by molar-refractivity contribution is 9.10. The summed E-state index contributed by atoms with van der Waals surface area (Å²) in [4.78, 5) is 4.50. The first-order valence-electron chi connectivity index (χ1n) is 7.26. The second-order valence-corrected chi connectivity index (χ2v) is 6.42. The van der Waals surface area contributed by atoms with E-state index in [2.05, 4.69) is 44.4 Å². The van der Waals surface area contributed by atoms with Gasteiger partial charge in [0.05, 0.1) is 0 Å². The summed E-state index contributed by atoms with van der Waals surface area (Å²) < 4.78 is 1.11. The maximum absolute atomic E-state index is 5.85. The van der Waals surface area contributed by atoms with Gasteiger partial charge in [-0.3, -0.25) is 0 Å². The standard InChI is InChI=1S/C16H20BrN3/c17-15-6-2-5-14-13(15)7-8-19-16(14)20-10-12-4-1-3-11(12)9-18/h2,5-8,11-12H,1,3-4,9-10,18H2,(H,19,20). The molecular formula is C16H20BrN3. The highest BCUT2D eigenvalue weighted by Crippen LogP contribution is 2.32. The largest absolute Gasteiger partial charge is 0.369 e. The van der Waals surface area contributed by atoms with Gasteiger partial charge in [-0.05, 0) is 43.4 Å². The Balaban J connectivity index is 1.79. The zero-order valence-corrected chi connectivity index (χ0v) is 13.1. The number of benzene rings is 1. The number of hydrogen-bond acceptors (Lipinski definition) is 3. The quantitative estimate of drug-likeness (QED) is 0.895. The van der Waals surface area contributed by atoms with Crippen molar-refractivity contribution < 1.29 is 0 Å². The summed E-state index contributed by atoms with van der Waals surface area (Å²) in [5, 5.41) is 5.90. The lowest BCUT2D eigenvalue weighted by atomic mass is 9.96. The summed E-state index contributed by atoms with van der Waals surface area (Å²) in [6.45, 7) is 1.78. The smallest absolute Gasteiger partial charge is 0.133 e. The molecule has 1 aromatic carbocycles. The summed E-state index contributed by atoms with van der Waals surface area (Å²) in [7, 11) is 0. The lowest BCUT2D eigenvalue weighted by Gasteiger charge is -2.19. The molecule has 0 aliphatic heterocycles. The van der Waals surface area contributed by atoms with E-state index in [9.17, 15) is 0 Å². The Bertz CT molecular complexity index is 599. The van der Waals surface area contributed by atoms with Gasteiger partial charge in [0.25, 0.3) is 0 Å². The van der Waals surface area contributed by atoms with Crippen molar-refractivity contribution in [2.45, 2.75) is 19.3 Å². The van der Waals surface area contributed by atoms with E-state index in [1.807, 2.05) is 12.3 Å². The van der Waals surface area contributed by atoms with Gasteiger partial charge in [0, 0.05) is 28.0 Å². The van der Waals surface area contributed by atoms with Crippen LogP contribution in [0.5, 0.6) is 0 Å². The van der Waals surface area contributed by atoms with Crippen molar-refractivity contribution in [1.82, 2.24) is 4.98 Å². The minimum absolute atomic E-state index is 0.671. The Hall–Kier alpha value is -1.13. The molecule has 106 valence electrons. The van der Waals surface area contributed by atoms with Crippen molar-refractivity contribution in [3.05, 3.63) is 34.9 Å². The zero-order valence-electron chi connectivity index (χ0n) is 11.5. The molecule has 3 rings (SSSR count). The molecule has 1 aliphatic rings. The summed E-state index contributed by atoms with van der Waals surface area (Å²) >= 11 is 3.60. The van der Waals surface area contributed by atoms with Gasteiger partial charge < -0.3 is 11.1 Å². The fourth-order valence-corrected chi connectivity index (χ4v) is 3.73. The van der Waals surface area contributed by atoms with Crippen LogP contribution in [-0.4, -0.2) is 18.1 Å². The van der Waals surface area contributed by atoms with E-state index in [0.29, 0.717) is 11.8 Å². The Morgan fingerprint density at radius 2 is 2.05 bits per heavy atom. The maximum atomic E-state index is 5.85. The van der Waals surface area contributed by atoms with Crippen LogP contribution in [0.4, 0.5) is 5.82 Å². The second kappa shape index (κ2) is 6.10. The molecule has 1 saturated carbocycles. The van der Waals surface area contributed by atoms with Crippen molar-refractivity contribution in [3.8, 4) is 0 Å². The van der Waals surface area contributed by atoms with Crippen molar-refractivity contribution in [2.75, 3.05) is 18.4 Å². The molecule has 0 spiro atoms. The highest BCUT2D eigenvalue weighted by Gasteiger charge is 2.25. The topological polar surface area (TPSA) is 50.9 Å². The molecule has 1 fully saturated rings. The minimum atomic E-state index is 0.671. The number of fused-ring (bicyclic) bond motifs is 1. The Kier molecular flexibility index (Phi) is 4.22. The fourth-order valence-electron chi connectivity index (χ4n) is 3.23. The summed E-state index contributed by atoms with van der Waals surface area (Å²) in [5.41, 5.74) is 5.85. The molecule has 1 aromatic heterocycles. The maximum Gasteiger partial charge on any atom is 0.133 e. The van der Waals surface area contributed by atoms with Gasteiger partial charge in [-0.25, -0.2) is 4.98 Å². The molecule has 1 aliphatic carbocycles. The van der Waals surface area contributed by atoms with E-state index < -0.39 is 0 Å². The van der Waals surface area contributed by atoms with Crippen molar-refractivity contribution in [2.24, 2.45) is 17.6 Å². The van der Waals surface area contributed by atoms with Gasteiger partial charge in [0.1, 0.15) is 5.82 Å². The average molecular weight is 334 g/mol. The van der Waals surface area contributed by atoms with Crippen LogP contribution < -0.4 is 11.1 Å². The van der Waals surface area contributed by atoms with Crippen LogP contribution in [0.25, 0.3) is 10.8 Å². The molecular weight excluding hydrogens is 314 g/mol. The van der Waals surface area contributed by atoms with Gasteiger partial charge in [0.15, 0.2) is 0 Å². The Morgan fingerprint density at radius 1 is 1.20 bits per heavy atom. The number of rotatable bonds is 4. The number of halogens is 1. The number of nitrogens with zero attached hydrogens (tertiary/aromatic N) is 1. The van der Waals surface area contributed by atoms with Crippen LogP contribution in [0.2, 0.25) is 0 Å². The van der Waals surface area contributed by atoms with Crippen LogP contribution in [0.3, 0.4) is 0 Å². The number of anilines is 1. The molecule has 20 heavy (non-hydrogen) atoms. The lowest BCUT2D eigenvalue weighted by Crippen LogP contribution is -2.24. The van der Waals surface area contributed by atoms with E-state index in [-0.39, 0.29) is 0 Å². The van der Waals surface area contributed by atoms with Gasteiger partial charge in [-0.2, -0.15) is 0 Å². The molecule has 4 heteroatoms. The molecule has 0 amide bonds. The van der Waals surface area contributed by atoms with E-state index in [4.69, 9.17) is 5.73 Å². The van der Waals surface area contributed by atoms with Crippen molar-refractivity contribution in [3.63, 3.8) is 0 Å². The van der Waals surface area contributed by atoms with E-state index in [0.717, 1.165) is 23.4 Å². The number of nitrogens with one attached hydrogen (secondary N) is 1. The van der Waals surface area contributed by atoms with Crippen molar-refractivity contribution >= 4 is 32.5 Å². The van der Waals surface area contributed by atoms with Gasteiger partial charge >= 0.3 is 0 Å². The number of pyridine rings is 1. The summed E-state index contributed by atoms with van der Waals surface area (Å²) in [6.07, 6.45) is 5.73. The zero-order chi connectivity index (χ0) is 13.9. The molecule has 0 bridgehead atoms. The predicted octanol–water partition coefficient (Wildman–Crippen LogP) is 3.78. The number of aromatic nitrogens is 1. The molecule has 2 aromatic rings. The molecule has 3 nitrogen and oxygen atoms in total. The third kappa shape index (κ3) is 2.67. The number of hydrogen-bond donors (Lipinski definition) is 2. The second-order valence-electron chi connectivity index (χ2n) is 5.56. The Morgan fingerprint density at radius 3 is 2.90 bits per heavy atom. The molecule has 2 atom stereocenters. The lowest BCUT2D eigenvalue weighted by molar-refractivity contribution is 0.414. The van der Waals surface area contributed by atoms with Gasteiger partial charge in [0.2, 0.25) is 0 Å². The Labute approximate surface area is 128 Å². The summed E-state index contributed by atoms with van der Waals surface area (Å²) in [6, 6.07) is 8.28. The van der Waals surface area contributed by atoms with E-state index in [1.165, 1.54) is 30.0 Å². The van der Waals surface area contributed by atoms with E-state index in [1.54, 1.807) is 0 Å². The van der Waals surface area contributed by atoms with Crippen LogP contribution >= 0.6 is 15.9 Å². The summed E-state index contributed by atoms with van der Waals surface area (Å²) in [5.74, 6) is 2.33. The first-order valence-corrected chi connectivity index (χ1v) is 8.06. The van der Waals surface area contributed by atoms with Crippen LogP contribution in [0.15, 0.2) is 34.9 Å². The SMILES string of the molecule is NCC1CCCC1CNc1nccc2c(Br)cccc12. The van der Waals surface area contributed by atoms with Crippen LogP contribution in [-0.2, 0) is 0 Å². The van der Waals surface area contributed by atoms with Gasteiger partial charge in [-0.1, -0.05) is 34.5 Å². The molecule has 1 heterocycles. The normalized spacial score (nSPS) is 22.3. The monoisotopic (exact) mass is 333 g/mol. The third-order valence-corrected chi connectivity index (χ3v) is 5.10. The van der Waals surface area contributed by atoms with Gasteiger partial charge in [-0.15, -0.1) is 0 Å². The molecule has 0 radical (unpaired) electrons. The molecule has 2 unspecified atom stereocenters. The first-order chi connectivity index (χ1) is 9.79. The molecule has 3 N–H and O–H groups in total. The van der Waals surface area contributed by atoms with Crippen molar-refractivity contribution in [1.29, 1.82) is 0 Å². The number of nitrogens with two attached hydrogens (primary N) is 1. The average Bonchev–Trinajstić information content (AvgIpc) is 2.93. The highest BCUT2D eigenvalue weighted by atomic mass is 79.9. The van der Waals surface area contributed by atoms with Crippen LogP contribution in [0.1, 0.15) is 19.3 Å². The molecule has 0 saturated heterocycles. The predicted molar refractivity (Wildman–Crippen MR) is 87.8 cm³/mol. The van der Waals surface area contributed by atoms with Crippen LogP contribution in [0, 0.1) is 11.8 Å². The fraction of sp³-hybridized carbons (Fsp3) is 0.438.